The largest absolute Gasteiger partial charge is 0.493 e. The average Bonchev–Trinajstić information content (AvgIpc) is 3.41. The standard InChI is InChI=1S/C33H41N5O6/c1-22(2)20-42-27-15-24-16-28(17-27)44-26-7-5-6-23(14-26)21-43-30-18-38(32(40)9-8-25-10-12-34-37(25)4)13-11-29(30)35-31(39)19-36(3)33(24)41/h5-7,10,12,14-17,22,29-30H,8-9,11,13,18-21H2,1-4H3,(H,35,39)/t29-,30-/m0/s1. The fraction of sp³-hybridized carbons (Fsp3) is 0.455. The van der Waals surface area contributed by atoms with Crippen molar-refractivity contribution >= 4 is 17.7 Å². The first kappa shape index (κ1) is 31.1. The van der Waals surface area contributed by atoms with Gasteiger partial charge in [0, 0.05) is 57.1 Å². The molecule has 2 aliphatic heterocycles. The Morgan fingerprint density at radius 3 is 2.73 bits per heavy atom. The number of hydrogen-bond donors (Lipinski definition) is 1. The van der Waals surface area contributed by atoms with Crippen molar-refractivity contribution in [3.63, 3.8) is 0 Å². The molecule has 4 bridgehead atoms. The third-order valence-corrected chi connectivity index (χ3v) is 7.81. The number of aryl methyl sites for hydroxylation is 2. The summed E-state index contributed by atoms with van der Waals surface area (Å²) in [4.78, 5) is 43.0. The highest BCUT2D eigenvalue weighted by Crippen LogP contribution is 2.29. The van der Waals surface area contributed by atoms with Crippen molar-refractivity contribution in [2.75, 3.05) is 33.3 Å². The Morgan fingerprint density at radius 1 is 1.11 bits per heavy atom. The first-order valence-corrected chi connectivity index (χ1v) is 15.1. The molecule has 3 heterocycles. The highest BCUT2D eigenvalue weighted by Gasteiger charge is 2.33. The molecule has 2 atom stereocenters. The molecular formula is C33H41N5O6. The van der Waals surface area contributed by atoms with Crippen LogP contribution >= 0.6 is 0 Å². The van der Waals surface area contributed by atoms with Crippen molar-refractivity contribution in [3.05, 3.63) is 71.5 Å². The molecule has 234 valence electrons. The number of likely N-dealkylation sites (tertiary alicyclic amines) is 1. The second kappa shape index (κ2) is 13.9. The minimum Gasteiger partial charge on any atom is -0.493 e. The molecule has 1 N–H and O–H groups in total. The fourth-order valence-corrected chi connectivity index (χ4v) is 5.42. The molecule has 11 heteroatoms. The number of nitrogens with zero attached hydrogens (tertiary/aromatic N) is 4. The van der Waals surface area contributed by atoms with Crippen LogP contribution in [0.4, 0.5) is 0 Å². The molecule has 0 radical (unpaired) electrons. The van der Waals surface area contributed by atoms with Crippen LogP contribution in [0.15, 0.2) is 54.7 Å². The van der Waals surface area contributed by atoms with Crippen LogP contribution in [0.25, 0.3) is 0 Å². The number of fused-ring (bicyclic) bond motifs is 5. The van der Waals surface area contributed by atoms with E-state index in [0.717, 1.165) is 11.3 Å². The van der Waals surface area contributed by atoms with Crippen LogP contribution in [-0.2, 0) is 34.4 Å². The maximum atomic E-state index is 13.4. The van der Waals surface area contributed by atoms with E-state index in [1.165, 1.54) is 4.90 Å². The molecule has 0 unspecified atom stereocenters. The molecule has 1 saturated heterocycles. The predicted molar refractivity (Wildman–Crippen MR) is 163 cm³/mol. The number of carbonyl (C=O) groups excluding carboxylic acids is 3. The Bertz CT molecular complexity index is 1490. The Balaban J connectivity index is 1.36. The van der Waals surface area contributed by atoms with Crippen LogP contribution in [0.3, 0.4) is 0 Å². The Labute approximate surface area is 258 Å². The lowest BCUT2D eigenvalue weighted by Gasteiger charge is -2.39. The summed E-state index contributed by atoms with van der Waals surface area (Å²) >= 11 is 0. The Kier molecular flexibility index (Phi) is 9.84. The predicted octanol–water partition coefficient (Wildman–Crippen LogP) is 3.57. The molecule has 0 saturated carbocycles. The van der Waals surface area contributed by atoms with Crippen LogP contribution < -0.4 is 14.8 Å². The van der Waals surface area contributed by atoms with E-state index in [2.05, 4.69) is 10.4 Å². The molecule has 3 aromatic rings. The third-order valence-electron chi connectivity index (χ3n) is 7.81. The van der Waals surface area contributed by atoms with Gasteiger partial charge in [0.05, 0.1) is 31.9 Å². The first-order chi connectivity index (χ1) is 21.1. The number of hydrogen-bond acceptors (Lipinski definition) is 7. The minimum atomic E-state index is -0.430. The number of nitrogens with one attached hydrogen (secondary N) is 1. The quantitative estimate of drug-likeness (QED) is 0.458. The van der Waals surface area contributed by atoms with Crippen molar-refractivity contribution in [2.45, 2.75) is 51.9 Å². The normalized spacial score (nSPS) is 19.3. The average molecular weight is 604 g/mol. The van der Waals surface area contributed by atoms with Crippen LogP contribution in [0, 0.1) is 5.92 Å². The molecular weight excluding hydrogens is 562 g/mol. The number of carbonyl (C=O) groups is 3. The van der Waals surface area contributed by atoms with E-state index in [4.69, 9.17) is 14.2 Å². The molecule has 11 nitrogen and oxygen atoms in total. The van der Waals surface area contributed by atoms with Gasteiger partial charge in [-0.15, -0.1) is 0 Å². The number of benzene rings is 2. The number of amides is 3. The molecule has 1 fully saturated rings. The summed E-state index contributed by atoms with van der Waals surface area (Å²) in [5.41, 5.74) is 2.23. The zero-order valence-electron chi connectivity index (χ0n) is 25.8. The fourth-order valence-electron chi connectivity index (χ4n) is 5.42. The SMILES string of the molecule is CC(C)COc1cc2cc(c1)C(=O)N(C)CC(=O)N[C@H]1CCN(C(=O)CCc3ccnn3C)C[C@@H]1OCc1cccc(c1)O2. The van der Waals surface area contributed by atoms with Gasteiger partial charge in [-0.05, 0) is 54.7 Å². The Hall–Kier alpha value is -4.38. The van der Waals surface area contributed by atoms with Gasteiger partial charge in [-0.25, -0.2) is 0 Å². The van der Waals surface area contributed by atoms with E-state index in [9.17, 15) is 14.4 Å². The van der Waals surface area contributed by atoms with E-state index in [1.54, 1.807) is 36.1 Å². The van der Waals surface area contributed by atoms with Gasteiger partial charge in [0.25, 0.3) is 5.91 Å². The van der Waals surface area contributed by atoms with Gasteiger partial charge in [-0.1, -0.05) is 26.0 Å². The molecule has 3 amide bonds. The van der Waals surface area contributed by atoms with Crippen LogP contribution in [-0.4, -0.2) is 82.7 Å². The second-order valence-electron chi connectivity index (χ2n) is 11.9. The number of aromatic nitrogens is 2. The molecule has 5 rings (SSSR count). The lowest BCUT2D eigenvalue weighted by molar-refractivity contribution is -0.137. The number of ether oxygens (including phenoxy) is 3. The smallest absolute Gasteiger partial charge is 0.254 e. The van der Waals surface area contributed by atoms with Gasteiger partial charge in [0.2, 0.25) is 11.8 Å². The minimum absolute atomic E-state index is 0.0327. The lowest BCUT2D eigenvalue weighted by Crippen LogP contribution is -2.57. The van der Waals surface area contributed by atoms with Crippen molar-refractivity contribution in [2.24, 2.45) is 13.0 Å². The van der Waals surface area contributed by atoms with Crippen molar-refractivity contribution in [3.8, 4) is 17.2 Å². The first-order valence-electron chi connectivity index (χ1n) is 15.1. The van der Waals surface area contributed by atoms with Crippen molar-refractivity contribution in [1.82, 2.24) is 24.9 Å². The summed E-state index contributed by atoms with van der Waals surface area (Å²) in [5, 5.41) is 7.25. The van der Waals surface area contributed by atoms with Gasteiger partial charge in [-0.2, -0.15) is 5.10 Å². The van der Waals surface area contributed by atoms with E-state index in [1.807, 2.05) is 56.1 Å². The lowest BCUT2D eigenvalue weighted by atomic mass is 10.0. The van der Waals surface area contributed by atoms with Gasteiger partial charge >= 0.3 is 0 Å². The second-order valence-corrected chi connectivity index (χ2v) is 11.9. The van der Waals surface area contributed by atoms with Crippen molar-refractivity contribution < 1.29 is 28.6 Å². The summed E-state index contributed by atoms with van der Waals surface area (Å²) in [5.74, 6) is 1.26. The summed E-state index contributed by atoms with van der Waals surface area (Å²) in [6.07, 6.45) is 2.79. The van der Waals surface area contributed by atoms with Gasteiger partial charge in [0.15, 0.2) is 0 Å². The molecule has 0 spiro atoms. The van der Waals surface area contributed by atoms with Crippen LogP contribution in [0.5, 0.6) is 17.2 Å². The molecule has 2 aliphatic rings. The highest BCUT2D eigenvalue weighted by atomic mass is 16.5. The van der Waals surface area contributed by atoms with Crippen LogP contribution in [0.2, 0.25) is 0 Å². The van der Waals surface area contributed by atoms with Crippen molar-refractivity contribution in [1.29, 1.82) is 0 Å². The maximum Gasteiger partial charge on any atom is 0.254 e. The molecule has 2 aromatic carbocycles. The van der Waals surface area contributed by atoms with E-state index >= 15 is 0 Å². The van der Waals surface area contributed by atoms with Crippen LogP contribution in [0.1, 0.15) is 48.3 Å². The van der Waals surface area contributed by atoms with Gasteiger partial charge < -0.3 is 29.3 Å². The molecule has 44 heavy (non-hydrogen) atoms. The maximum absolute atomic E-state index is 13.4. The summed E-state index contributed by atoms with van der Waals surface area (Å²) in [6.45, 7) is 5.56. The summed E-state index contributed by atoms with van der Waals surface area (Å²) < 4.78 is 20.3. The molecule has 0 aliphatic carbocycles. The zero-order valence-corrected chi connectivity index (χ0v) is 25.8. The van der Waals surface area contributed by atoms with E-state index < -0.39 is 6.10 Å². The topological polar surface area (TPSA) is 115 Å². The number of likely N-dealkylation sites (N-methyl/N-ethyl adjacent to an activating group) is 1. The number of piperidine rings is 1. The van der Waals surface area contributed by atoms with Gasteiger partial charge in [0.1, 0.15) is 17.2 Å². The van der Waals surface area contributed by atoms with E-state index in [-0.39, 0.29) is 36.9 Å². The molecule has 1 aromatic heterocycles. The number of rotatable bonds is 6. The zero-order chi connectivity index (χ0) is 31.2. The monoisotopic (exact) mass is 603 g/mol. The summed E-state index contributed by atoms with van der Waals surface area (Å²) in [7, 11) is 3.45. The summed E-state index contributed by atoms with van der Waals surface area (Å²) in [6, 6.07) is 14.2. The van der Waals surface area contributed by atoms with Gasteiger partial charge in [-0.3, -0.25) is 19.1 Å². The Morgan fingerprint density at radius 2 is 1.95 bits per heavy atom. The highest BCUT2D eigenvalue weighted by molar-refractivity contribution is 5.97. The van der Waals surface area contributed by atoms with E-state index in [0.29, 0.717) is 67.7 Å². The third kappa shape index (κ3) is 7.96.